The SMILES string of the molecule is Cc1nc(Nc2ccccn2)sc1CC(=O)O. The summed E-state index contributed by atoms with van der Waals surface area (Å²) in [6, 6.07) is 5.52. The first-order valence-electron chi connectivity index (χ1n) is 5.01. The van der Waals surface area contributed by atoms with E-state index in [1.165, 1.54) is 11.3 Å². The average Bonchev–Trinajstić information content (AvgIpc) is 2.59. The highest BCUT2D eigenvalue weighted by Crippen LogP contribution is 2.25. The number of thiazole rings is 1. The van der Waals surface area contributed by atoms with Crippen molar-refractivity contribution in [3.05, 3.63) is 35.0 Å². The van der Waals surface area contributed by atoms with Crippen molar-refractivity contribution >= 4 is 28.3 Å². The summed E-state index contributed by atoms with van der Waals surface area (Å²) in [5.74, 6) is -0.149. The highest BCUT2D eigenvalue weighted by Gasteiger charge is 2.11. The van der Waals surface area contributed by atoms with Crippen LogP contribution in [0.25, 0.3) is 0 Å². The molecule has 0 aromatic carbocycles. The normalized spacial score (nSPS) is 10.2. The van der Waals surface area contributed by atoms with Gasteiger partial charge in [0.2, 0.25) is 0 Å². The topological polar surface area (TPSA) is 75.1 Å². The molecule has 2 N–H and O–H groups in total. The van der Waals surface area contributed by atoms with Gasteiger partial charge in [0.25, 0.3) is 0 Å². The van der Waals surface area contributed by atoms with Crippen molar-refractivity contribution in [2.75, 3.05) is 5.32 Å². The van der Waals surface area contributed by atoms with Gasteiger partial charge in [-0.05, 0) is 19.1 Å². The fraction of sp³-hybridized carbons (Fsp3) is 0.182. The third kappa shape index (κ3) is 3.01. The Morgan fingerprint density at radius 1 is 1.53 bits per heavy atom. The first-order valence-corrected chi connectivity index (χ1v) is 5.83. The van der Waals surface area contributed by atoms with Crippen LogP contribution in [0, 0.1) is 6.92 Å². The molecule has 2 heterocycles. The number of rotatable bonds is 4. The van der Waals surface area contributed by atoms with Gasteiger partial charge in [-0.25, -0.2) is 9.97 Å². The first kappa shape index (κ1) is 11.5. The highest BCUT2D eigenvalue weighted by molar-refractivity contribution is 7.15. The van der Waals surface area contributed by atoms with E-state index in [1.54, 1.807) is 13.1 Å². The number of carbonyl (C=O) groups is 1. The predicted molar refractivity (Wildman–Crippen MR) is 65.7 cm³/mol. The van der Waals surface area contributed by atoms with Crippen LogP contribution >= 0.6 is 11.3 Å². The highest BCUT2D eigenvalue weighted by atomic mass is 32.1. The number of carboxylic acid groups (broad SMARTS) is 1. The molecule has 0 fully saturated rings. The number of carboxylic acids is 1. The maximum atomic E-state index is 10.6. The number of hydrogen-bond acceptors (Lipinski definition) is 5. The first-order chi connectivity index (χ1) is 8.15. The Hall–Kier alpha value is -1.95. The molecule has 17 heavy (non-hydrogen) atoms. The zero-order chi connectivity index (χ0) is 12.3. The monoisotopic (exact) mass is 249 g/mol. The minimum absolute atomic E-state index is 0.00734. The maximum Gasteiger partial charge on any atom is 0.308 e. The number of pyridine rings is 1. The molecule has 0 saturated heterocycles. The summed E-state index contributed by atoms with van der Waals surface area (Å²) in [7, 11) is 0. The van der Waals surface area contributed by atoms with Crippen molar-refractivity contribution in [2.24, 2.45) is 0 Å². The number of anilines is 2. The summed E-state index contributed by atoms with van der Waals surface area (Å²) in [4.78, 5) is 19.8. The van der Waals surface area contributed by atoms with E-state index in [0.29, 0.717) is 10.9 Å². The molecule has 0 unspecified atom stereocenters. The minimum Gasteiger partial charge on any atom is -0.481 e. The third-order valence-electron chi connectivity index (χ3n) is 2.10. The van der Waals surface area contributed by atoms with Gasteiger partial charge in [-0.15, -0.1) is 11.3 Å². The lowest BCUT2D eigenvalue weighted by atomic mass is 10.3. The van der Waals surface area contributed by atoms with E-state index in [0.717, 1.165) is 10.6 Å². The Morgan fingerprint density at radius 2 is 2.35 bits per heavy atom. The third-order valence-corrected chi connectivity index (χ3v) is 3.18. The zero-order valence-corrected chi connectivity index (χ0v) is 9.99. The van der Waals surface area contributed by atoms with Crippen molar-refractivity contribution < 1.29 is 9.90 Å². The molecule has 0 aliphatic heterocycles. The van der Waals surface area contributed by atoms with Gasteiger partial charge in [-0.1, -0.05) is 6.07 Å². The van der Waals surface area contributed by atoms with E-state index in [1.807, 2.05) is 18.2 Å². The molecule has 2 aromatic heterocycles. The van der Waals surface area contributed by atoms with E-state index in [2.05, 4.69) is 15.3 Å². The minimum atomic E-state index is -0.846. The summed E-state index contributed by atoms with van der Waals surface area (Å²) in [6.45, 7) is 1.80. The van der Waals surface area contributed by atoms with Gasteiger partial charge in [0.05, 0.1) is 12.1 Å². The zero-order valence-electron chi connectivity index (χ0n) is 9.17. The van der Waals surface area contributed by atoms with Crippen LogP contribution in [0.2, 0.25) is 0 Å². The number of nitrogens with zero attached hydrogens (tertiary/aromatic N) is 2. The molecule has 2 aromatic rings. The van der Waals surface area contributed by atoms with Crippen molar-refractivity contribution in [1.82, 2.24) is 9.97 Å². The van der Waals surface area contributed by atoms with E-state index in [9.17, 15) is 4.79 Å². The summed E-state index contributed by atoms with van der Waals surface area (Å²) in [6.07, 6.45) is 1.69. The van der Waals surface area contributed by atoms with Crippen LogP contribution in [0.15, 0.2) is 24.4 Å². The van der Waals surface area contributed by atoms with E-state index in [-0.39, 0.29) is 6.42 Å². The molecule has 5 nitrogen and oxygen atoms in total. The largest absolute Gasteiger partial charge is 0.481 e. The van der Waals surface area contributed by atoms with Crippen molar-refractivity contribution in [3.63, 3.8) is 0 Å². The molecular formula is C11H11N3O2S. The number of aromatic nitrogens is 2. The Bertz CT molecular complexity index is 525. The fourth-order valence-electron chi connectivity index (χ4n) is 1.33. The lowest BCUT2D eigenvalue weighted by molar-refractivity contribution is -0.136. The van der Waals surface area contributed by atoms with Crippen LogP contribution in [0.1, 0.15) is 10.6 Å². The molecule has 2 rings (SSSR count). The number of aliphatic carboxylic acids is 1. The molecule has 0 aliphatic carbocycles. The van der Waals surface area contributed by atoms with Crippen molar-refractivity contribution in [1.29, 1.82) is 0 Å². The van der Waals surface area contributed by atoms with E-state index < -0.39 is 5.97 Å². The fourth-order valence-corrected chi connectivity index (χ4v) is 2.29. The molecule has 0 radical (unpaired) electrons. The molecular weight excluding hydrogens is 238 g/mol. The van der Waals surface area contributed by atoms with Crippen LogP contribution in [0.3, 0.4) is 0 Å². The number of aryl methyl sites for hydroxylation is 1. The number of hydrogen-bond donors (Lipinski definition) is 2. The van der Waals surface area contributed by atoms with E-state index in [4.69, 9.17) is 5.11 Å². The molecule has 0 aliphatic rings. The lowest BCUT2D eigenvalue weighted by Crippen LogP contribution is -1.99. The Balaban J connectivity index is 2.15. The second kappa shape index (κ2) is 4.92. The van der Waals surface area contributed by atoms with Crippen LogP contribution in [-0.2, 0) is 11.2 Å². The Labute approximate surface area is 102 Å². The predicted octanol–water partition coefficient (Wildman–Crippen LogP) is 2.22. The summed E-state index contributed by atoms with van der Waals surface area (Å²) >= 11 is 1.34. The van der Waals surface area contributed by atoms with Gasteiger partial charge in [-0.2, -0.15) is 0 Å². The van der Waals surface area contributed by atoms with Gasteiger partial charge in [0.15, 0.2) is 5.13 Å². The molecule has 0 atom stereocenters. The molecule has 88 valence electrons. The van der Waals surface area contributed by atoms with Crippen LogP contribution < -0.4 is 5.32 Å². The van der Waals surface area contributed by atoms with Crippen LogP contribution in [0.4, 0.5) is 10.9 Å². The molecule has 0 amide bonds. The quantitative estimate of drug-likeness (QED) is 0.869. The second-order valence-corrected chi connectivity index (χ2v) is 4.52. The van der Waals surface area contributed by atoms with Crippen LogP contribution in [-0.4, -0.2) is 21.0 Å². The smallest absolute Gasteiger partial charge is 0.308 e. The molecule has 0 spiro atoms. The average molecular weight is 249 g/mol. The van der Waals surface area contributed by atoms with Crippen LogP contribution in [0.5, 0.6) is 0 Å². The van der Waals surface area contributed by atoms with Gasteiger partial charge in [-0.3, -0.25) is 4.79 Å². The number of nitrogens with one attached hydrogen (secondary N) is 1. The van der Waals surface area contributed by atoms with Crippen molar-refractivity contribution in [2.45, 2.75) is 13.3 Å². The molecule has 6 heteroatoms. The van der Waals surface area contributed by atoms with Gasteiger partial charge in [0.1, 0.15) is 5.82 Å². The summed E-state index contributed by atoms with van der Waals surface area (Å²) in [5.41, 5.74) is 0.746. The Morgan fingerprint density at radius 3 is 3.00 bits per heavy atom. The van der Waals surface area contributed by atoms with Gasteiger partial charge >= 0.3 is 5.97 Å². The molecule has 0 bridgehead atoms. The van der Waals surface area contributed by atoms with Crippen molar-refractivity contribution in [3.8, 4) is 0 Å². The summed E-state index contributed by atoms with van der Waals surface area (Å²) in [5, 5.41) is 12.4. The second-order valence-electron chi connectivity index (χ2n) is 3.44. The van der Waals surface area contributed by atoms with E-state index >= 15 is 0 Å². The lowest BCUT2D eigenvalue weighted by Gasteiger charge is -1.98. The summed E-state index contributed by atoms with van der Waals surface area (Å²) < 4.78 is 0. The van der Waals surface area contributed by atoms with Gasteiger partial charge < -0.3 is 10.4 Å². The van der Waals surface area contributed by atoms with Gasteiger partial charge in [0, 0.05) is 11.1 Å². The maximum absolute atomic E-state index is 10.6. The molecule has 0 saturated carbocycles. The standard InChI is InChI=1S/C11H11N3O2S/c1-7-8(6-10(15)16)17-11(13-7)14-9-4-2-3-5-12-9/h2-5H,6H2,1H3,(H,15,16)(H,12,13,14). The Kier molecular flexibility index (Phi) is 3.34.